The molecule has 0 aliphatic carbocycles. The maximum absolute atomic E-state index is 10.2. The van der Waals surface area contributed by atoms with E-state index in [0.29, 0.717) is 17.7 Å². The Labute approximate surface area is 178 Å². The molecule has 0 bridgehead atoms. The van der Waals surface area contributed by atoms with Gasteiger partial charge in [0.1, 0.15) is 5.75 Å². The minimum Gasteiger partial charge on any atom is -0.508 e. The molecule has 5 nitrogen and oxygen atoms in total. The molecular weight excluding hydrogens is 390 g/mol. The molecule has 0 aliphatic heterocycles. The standard InChI is InChI=1S/C23H32ClNO4/c24-21-7-5-6-18(14-21)10-13-29-12-4-2-1-3-11-25-16-23(28)19-8-9-22(27)20(15-19)17-26/h5-9,14-15,23,25-28H,1-4,10-13,16-17H2. The lowest BCUT2D eigenvalue weighted by atomic mass is 10.1. The molecule has 2 aromatic rings. The molecule has 0 fully saturated rings. The van der Waals surface area contributed by atoms with E-state index in [1.807, 2.05) is 18.2 Å². The number of benzene rings is 2. The Morgan fingerprint density at radius 3 is 2.62 bits per heavy atom. The van der Waals surface area contributed by atoms with Crippen LogP contribution in [0, 0.1) is 0 Å². The highest BCUT2D eigenvalue weighted by molar-refractivity contribution is 6.30. The SMILES string of the molecule is OCc1cc(C(O)CNCCCCCCOCCc2cccc(Cl)c2)ccc1O. The predicted octanol–water partition coefficient (Wildman–Crippen LogP) is 3.98. The monoisotopic (exact) mass is 421 g/mol. The third-order valence-corrected chi connectivity index (χ3v) is 5.05. The minimum absolute atomic E-state index is 0.0462. The van der Waals surface area contributed by atoms with Gasteiger partial charge in [-0.3, -0.25) is 0 Å². The van der Waals surface area contributed by atoms with Crippen molar-refractivity contribution in [2.24, 2.45) is 0 Å². The molecule has 0 aliphatic rings. The van der Waals surface area contributed by atoms with E-state index in [-0.39, 0.29) is 12.4 Å². The average molecular weight is 422 g/mol. The van der Waals surface area contributed by atoms with E-state index in [2.05, 4.69) is 11.4 Å². The zero-order valence-electron chi connectivity index (χ0n) is 16.8. The average Bonchev–Trinajstić information content (AvgIpc) is 2.72. The van der Waals surface area contributed by atoms with Gasteiger partial charge in [-0.25, -0.2) is 0 Å². The Morgan fingerprint density at radius 2 is 1.83 bits per heavy atom. The third kappa shape index (κ3) is 9.15. The Bertz CT molecular complexity index is 726. The van der Waals surface area contributed by atoms with Crippen molar-refractivity contribution in [3.63, 3.8) is 0 Å². The first-order valence-corrected chi connectivity index (χ1v) is 10.6. The first-order valence-electron chi connectivity index (χ1n) is 10.2. The number of aliphatic hydroxyl groups excluding tert-OH is 2. The summed E-state index contributed by atoms with van der Waals surface area (Å²) in [7, 11) is 0. The number of nitrogens with one attached hydrogen (secondary N) is 1. The first-order chi connectivity index (χ1) is 14.1. The van der Waals surface area contributed by atoms with Crippen LogP contribution >= 0.6 is 11.6 Å². The summed E-state index contributed by atoms with van der Waals surface area (Å²) >= 11 is 5.97. The largest absolute Gasteiger partial charge is 0.508 e. The molecule has 0 saturated carbocycles. The van der Waals surface area contributed by atoms with Crippen LogP contribution in [0.25, 0.3) is 0 Å². The highest BCUT2D eigenvalue weighted by atomic mass is 35.5. The molecule has 6 heteroatoms. The maximum atomic E-state index is 10.2. The number of rotatable bonds is 14. The molecule has 0 radical (unpaired) electrons. The number of aliphatic hydroxyl groups is 2. The quantitative estimate of drug-likeness (QED) is 0.347. The molecule has 2 rings (SSSR count). The van der Waals surface area contributed by atoms with Gasteiger partial charge in [0.25, 0.3) is 0 Å². The maximum Gasteiger partial charge on any atom is 0.121 e. The lowest BCUT2D eigenvalue weighted by Gasteiger charge is -2.14. The van der Waals surface area contributed by atoms with Gasteiger partial charge in [0, 0.05) is 23.7 Å². The van der Waals surface area contributed by atoms with Gasteiger partial charge in [-0.15, -0.1) is 0 Å². The summed E-state index contributed by atoms with van der Waals surface area (Å²) in [6.07, 6.45) is 4.57. The van der Waals surface area contributed by atoms with Crippen LogP contribution in [0.15, 0.2) is 42.5 Å². The highest BCUT2D eigenvalue weighted by Gasteiger charge is 2.09. The number of ether oxygens (including phenoxy) is 1. The molecule has 0 spiro atoms. The Morgan fingerprint density at radius 1 is 1.00 bits per heavy atom. The predicted molar refractivity (Wildman–Crippen MR) is 116 cm³/mol. The summed E-state index contributed by atoms with van der Waals surface area (Å²) in [4.78, 5) is 0. The van der Waals surface area contributed by atoms with Gasteiger partial charge in [-0.1, -0.05) is 42.6 Å². The number of aromatic hydroxyl groups is 1. The molecule has 1 atom stereocenters. The number of hydrogen-bond acceptors (Lipinski definition) is 5. The lowest BCUT2D eigenvalue weighted by molar-refractivity contribution is 0.133. The van der Waals surface area contributed by atoms with Gasteiger partial charge < -0.3 is 25.4 Å². The van der Waals surface area contributed by atoms with E-state index >= 15 is 0 Å². The number of unbranched alkanes of at least 4 members (excludes halogenated alkanes) is 3. The zero-order chi connectivity index (χ0) is 20.9. The van der Waals surface area contributed by atoms with Gasteiger partial charge in [0.2, 0.25) is 0 Å². The van der Waals surface area contributed by atoms with Crippen LogP contribution in [-0.2, 0) is 17.8 Å². The van der Waals surface area contributed by atoms with Crippen molar-refractivity contribution in [2.45, 2.75) is 44.8 Å². The van der Waals surface area contributed by atoms with Crippen molar-refractivity contribution >= 4 is 11.6 Å². The Kier molecular flexibility index (Phi) is 11.1. The highest BCUT2D eigenvalue weighted by Crippen LogP contribution is 2.22. The van der Waals surface area contributed by atoms with Gasteiger partial charge in [0.15, 0.2) is 0 Å². The van der Waals surface area contributed by atoms with E-state index in [1.165, 1.54) is 11.6 Å². The van der Waals surface area contributed by atoms with Crippen LogP contribution in [0.2, 0.25) is 5.02 Å². The van der Waals surface area contributed by atoms with E-state index < -0.39 is 6.10 Å². The van der Waals surface area contributed by atoms with Gasteiger partial charge in [-0.2, -0.15) is 0 Å². The fourth-order valence-electron chi connectivity index (χ4n) is 3.09. The molecular formula is C23H32ClNO4. The summed E-state index contributed by atoms with van der Waals surface area (Å²) in [6.45, 7) is 2.54. The summed E-state index contributed by atoms with van der Waals surface area (Å²) in [6, 6.07) is 12.7. The second kappa shape index (κ2) is 13.6. The second-order valence-electron chi connectivity index (χ2n) is 7.17. The summed E-state index contributed by atoms with van der Waals surface area (Å²) in [5, 5.41) is 33.0. The van der Waals surface area contributed by atoms with Crippen LogP contribution in [0.3, 0.4) is 0 Å². The molecule has 1 unspecified atom stereocenters. The topological polar surface area (TPSA) is 82.0 Å². The van der Waals surface area contributed by atoms with Crippen LogP contribution in [0.1, 0.15) is 48.5 Å². The third-order valence-electron chi connectivity index (χ3n) is 4.81. The molecule has 2 aromatic carbocycles. The molecule has 0 aromatic heterocycles. The Hall–Kier alpha value is -1.63. The molecule has 29 heavy (non-hydrogen) atoms. The normalized spacial score (nSPS) is 12.2. The van der Waals surface area contributed by atoms with Crippen LogP contribution < -0.4 is 5.32 Å². The summed E-state index contributed by atoms with van der Waals surface area (Å²) in [5.41, 5.74) is 2.32. The Balaban J connectivity index is 1.45. The molecule has 0 saturated heterocycles. The fourth-order valence-corrected chi connectivity index (χ4v) is 3.30. The van der Waals surface area contributed by atoms with Crippen LogP contribution in [0.5, 0.6) is 5.75 Å². The second-order valence-corrected chi connectivity index (χ2v) is 7.61. The van der Waals surface area contributed by atoms with E-state index in [9.17, 15) is 15.3 Å². The fraction of sp³-hybridized carbons (Fsp3) is 0.478. The van der Waals surface area contributed by atoms with Crippen molar-refractivity contribution < 1.29 is 20.1 Å². The van der Waals surface area contributed by atoms with Crippen LogP contribution in [0.4, 0.5) is 0 Å². The minimum atomic E-state index is -0.659. The zero-order valence-corrected chi connectivity index (χ0v) is 17.6. The van der Waals surface area contributed by atoms with E-state index in [4.69, 9.17) is 16.3 Å². The first kappa shape index (κ1) is 23.6. The van der Waals surface area contributed by atoms with Crippen molar-refractivity contribution in [3.05, 3.63) is 64.2 Å². The summed E-state index contributed by atoms with van der Waals surface area (Å²) in [5.74, 6) is 0.0462. The number of hydrogen-bond donors (Lipinski definition) is 4. The van der Waals surface area contributed by atoms with Gasteiger partial charge in [-0.05, 0) is 61.2 Å². The lowest BCUT2D eigenvalue weighted by Crippen LogP contribution is -2.22. The van der Waals surface area contributed by atoms with Crippen molar-refractivity contribution in [1.82, 2.24) is 5.32 Å². The molecule has 160 valence electrons. The number of halogens is 1. The van der Waals surface area contributed by atoms with Crippen molar-refractivity contribution in [3.8, 4) is 5.75 Å². The molecule has 4 N–H and O–H groups in total. The van der Waals surface area contributed by atoms with E-state index in [1.54, 1.807) is 12.1 Å². The van der Waals surface area contributed by atoms with Crippen LogP contribution in [-0.4, -0.2) is 41.6 Å². The van der Waals surface area contributed by atoms with Gasteiger partial charge >= 0.3 is 0 Å². The summed E-state index contributed by atoms with van der Waals surface area (Å²) < 4.78 is 5.69. The van der Waals surface area contributed by atoms with Crippen molar-refractivity contribution in [2.75, 3.05) is 26.3 Å². The smallest absolute Gasteiger partial charge is 0.121 e. The van der Waals surface area contributed by atoms with E-state index in [0.717, 1.165) is 56.9 Å². The molecule has 0 amide bonds. The number of phenols is 1. The molecule has 0 heterocycles. The van der Waals surface area contributed by atoms with Crippen molar-refractivity contribution in [1.29, 1.82) is 0 Å². The van der Waals surface area contributed by atoms with Gasteiger partial charge in [0.05, 0.1) is 19.3 Å².